The van der Waals surface area contributed by atoms with Crippen molar-refractivity contribution in [2.45, 2.75) is 6.92 Å². The molecule has 0 N–H and O–H groups in total. The van der Waals surface area contributed by atoms with E-state index in [9.17, 15) is 4.79 Å². The predicted octanol–water partition coefficient (Wildman–Crippen LogP) is 8.62. The molecule has 4 nitrogen and oxygen atoms in total. The summed E-state index contributed by atoms with van der Waals surface area (Å²) >= 11 is 0. The van der Waals surface area contributed by atoms with Gasteiger partial charge in [0.15, 0.2) is 5.58 Å². The molecular formula is C32H21NO3. The molecule has 0 amide bonds. The molecule has 7 aromatic rings. The summed E-state index contributed by atoms with van der Waals surface area (Å²) in [6, 6.07) is 35.8. The predicted molar refractivity (Wildman–Crippen MR) is 147 cm³/mol. The van der Waals surface area contributed by atoms with Gasteiger partial charge in [-0.15, -0.1) is 0 Å². The Balaban J connectivity index is 1.57. The van der Waals surface area contributed by atoms with Crippen LogP contribution in [0.25, 0.3) is 43.9 Å². The first-order valence-corrected chi connectivity index (χ1v) is 11.9. The molecule has 0 saturated heterocycles. The average Bonchev–Trinajstić information content (AvgIpc) is 3.30. The molecule has 0 unspecified atom stereocenters. The monoisotopic (exact) mass is 467 g/mol. The average molecular weight is 468 g/mol. The third kappa shape index (κ3) is 3.05. The number of aryl methyl sites for hydroxylation is 1. The molecule has 0 aliphatic heterocycles. The molecule has 0 fully saturated rings. The lowest BCUT2D eigenvalue weighted by molar-refractivity contribution is 0.657. The fraction of sp³-hybridized carbons (Fsp3) is 0.0312. The summed E-state index contributed by atoms with van der Waals surface area (Å²) in [7, 11) is 0. The lowest BCUT2D eigenvalue weighted by Gasteiger charge is -2.25. The van der Waals surface area contributed by atoms with E-state index < -0.39 is 0 Å². The Morgan fingerprint density at radius 2 is 1.19 bits per heavy atom. The smallest absolute Gasteiger partial charge is 0.200 e. The largest absolute Gasteiger partial charge is 0.456 e. The minimum absolute atomic E-state index is 0.0543. The number of benzene rings is 5. The van der Waals surface area contributed by atoms with Crippen LogP contribution in [0, 0.1) is 6.92 Å². The molecule has 0 aliphatic rings. The van der Waals surface area contributed by atoms with Crippen molar-refractivity contribution in [1.29, 1.82) is 0 Å². The fourth-order valence-corrected chi connectivity index (χ4v) is 5.08. The standard InChI is InChI=1S/C32H21NO3/c1-20-16-17-26(33(21-10-4-2-5-11-21)22-12-6-3-7-13-22)32-30(20)24-18-29-25(19-28(24)36-32)31(34)23-14-8-9-15-27(23)35-29/h2-19H,1H3. The van der Waals surface area contributed by atoms with Gasteiger partial charge in [0.1, 0.15) is 16.7 Å². The van der Waals surface area contributed by atoms with Gasteiger partial charge in [0, 0.05) is 22.1 Å². The molecule has 0 radical (unpaired) electrons. The van der Waals surface area contributed by atoms with Crippen LogP contribution in [-0.4, -0.2) is 0 Å². The second-order valence-electron chi connectivity index (χ2n) is 8.99. The molecule has 7 rings (SSSR count). The highest BCUT2D eigenvalue weighted by molar-refractivity contribution is 6.14. The van der Waals surface area contributed by atoms with Crippen LogP contribution < -0.4 is 10.3 Å². The zero-order chi connectivity index (χ0) is 24.2. The van der Waals surface area contributed by atoms with Crippen molar-refractivity contribution in [2.75, 3.05) is 4.90 Å². The normalized spacial score (nSPS) is 11.6. The van der Waals surface area contributed by atoms with E-state index in [0.29, 0.717) is 27.5 Å². The Hall–Kier alpha value is -4.83. The van der Waals surface area contributed by atoms with Crippen molar-refractivity contribution in [3.63, 3.8) is 0 Å². The lowest BCUT2D eigenvalue weighted by Crippen LogP contribution is -2.10. The van der Waals surface area contributed by atoms with Crippen LogP contribution in [0.1, 0.15) is 5.56 Å². The van der Waals surface area contributed by atoms with E-state index in [0.717, 1.165) is 39.0 Å². The van der Waals surface area contributed by atoms with E-state index in [4.69, 9.17) is 8.83 Å². The summed E-state index contributed by atoms with van der Waals surface area (Å²) in [6.07, 6.45) is 0. The van der Waals surface area contributed by atoms with Crippen LogP contribution in [0.3, 0.4) is 0 Å². The first-order chi connectivity index (χ1) is 17.7. The van der Waals surface area contributed by atoms with Crippen molar-refractivity contribution >= 4 is 60.9 Å². The van der Waals surface area contributed by atoms with Gasteiger partial charge in [-0.05, 0) is 67.1 Å². The quantitative estimate of drug-likeness (QED) is 0.244. The third-order valence-corrected chi connectivity index (χ3v) is 6.77. The first-order valence-electron chi connectivity index (χ1n) is 11.9. The second kappa shape index (κ2) is 7.85. The lowest BCUT2D eigenvalue weighted by atomic mass is 10.0. The summed E-state index contributed by atoms with van der Waals surface area (Å²) in [5.74, 6) is 0. The van der Waals surface area contributed by atoms with Crippen molar-refractivity contribution in [3.8, 4) is 0 Å². The van der Waals surface area contributed by atoms with Crippen LogP contribution >= 0.6 is 0 Å². The fourth-order valence-electron chi connectivity index (χ4n) is 5.08. The molecule has 0 saturated carbocycles. The van der Waals surface area contributed by atoms with Gasteiger partial charge in [0.2, 0.25) is 5.43 Å². The van der Waals surface area contributed by atoms with Gasteiger partial charge < -0.3 is 13.7 Å². The molecule has 5 aromatic carbocycles. The summed E-state index contributed by atoms with van der Waals surface area (Å²) in [6.45, 7) is 2.08. The maximum Gasteiger partial charge on any atom is 0.200 e. The number of furan rings is 1. The van der Waals surface area contributed by atoms with E-state index in [1.807, 2.05) is 66.7 Å². The van der Waals surface area contributed by atoms with Gasteiger partial charge in [-0.1, -0.05) is 54.6 Å². The van der Waals surface area contributed by atoms with Crippen molar-refractivity contribution < 1.29 is 8.83 Å². The third-order valence-electron chi connectivity index (χ3n) is 6.77. The number of hydrogen-bond acceptors (Lipinski definition) is 4. The maximum absolute atomic E-state index is 13.2. The second-order valence-corrected chi connectivity index (χ2v) is 8.99. The highest BCUT2D eigenvalue weighted by Gasteiger charge is 2.21. The van der Waals surface area contributed by atoms with E-state index in [1.54, 1.807) is 6.07 Å². The molecule has 0 atom stereocenters. The summed E-state index contributed by atoms with van der Waals surface area (Å²) in [5, 5.41) is 3.02. The molecule has 0 bridgehead atoms. The summed E-state index contributed by atoms with van der Waals surface area (Å²) in [4.78, 5) is 15.4. The molecular weight excluding hydrogens is 446 g/mol. The van der Waals surface area contributed by atoms with Gasteiger partial charge >= 0.3 is 0 Å². The van der Waals surface area contributed by atoms with Gasteiger partial charge in [-0.3, -0.25) is 4.79 Å². The number of nitrogens with zero attached hydrogens (tertiary/aromatic N) is 1. The molecule has 4 heteroatoms. The van der Waals surface area contributed by atoms with Crippen LogP contribution in [0.5, 0.6) is 0 Å². The maximum atomic E-state index is 13.2. The highest BCUT2D eigenvalue weighted by atomic mass is 16.3. The van der Waals surface area contributed by atoms with E-state index >= 15 is 0 Å². The van der Waals surface area contributed by atoms with Gasteiger partial charge in [-0.2, -0.15) is 0 Å². The zero-order valence-electron chi connectivity index (χ0n) is 19.6. The first kappa shape index (κ1) is 20.5. The van der Waals surface area contributed by atoms with Crippen LogP contribution in [-0.2, 0) is 0 Å². The number of hydrogen-bond donors (Lipinski definition) is 0. The van der Waals surface area contributed by atoms with Gasteiger partial charge in [0.25, 0.3) is 0 Å². The van der Waals surface area contributed by atoms with E-state index in [2.05, 4.69) is 48.2 Å². The van der Waals surface area contributed by atoms with Crippen molar-refractivity contribution in [3.05, 3.63) is 125 Å². The Bertz CT molecular complexity index is 1930. The minimum atomic E-state index is -0.0543. The summed E-state index contributed by atoms with van der Waals surface area (Å²) < 4.78 is 12.7. The van der Waals surface area contributed by atoms with Crippen LogP contribution in [0.2, 0.25) is 0 Å². The van der Waals surface area contributed by atoms with E-state index in [-0.39, 0.29) is 5.43 Å². The number of rotatable bonds is 3. The topological polar surface area (TPSA) is 46.6 Å². The van der Waals surface area contributed by atoms with Crippen molar-refractivity contribution in [2.24, 2.45) is 0 Å². The van der Waals surface area contributed by atoms with Crippen LogP contribution in [0.4, 0.5) is 17.1 Å². The van der Waals surface area contributed by atoms with Gasteiger partial charge in [-0.25, -0.2) is 0 Å². The van der Waals surface area contributed by atoms with E-state index in [1.165, 1.54) is 0 Å². The molecule has 2 heterocycles. The number of para-hydroxylation sites is 3. The van der Waals surface area contributed by atoms with Crippen molar-refractivity contribution in [1.82, 2.24) is 0 Å². The molecule has 0 spiro atoms. The zero-order valence-corrected chi connectivity index (χ0v) is 19.6. The molecule has 2 aromatic heterocycles. The van der Waals surface area contributed by atoms with Gasteiger partial charge in [0.05, 0.1) is 16.5 Å². The number of anilines is 3. The highest BCUT2D eigenvalue weighted by Crippen LogP contribution is 2.43. The molecule has 0 aliphatic carbocycles. The molecule has 36 heavy (non-hydrogen) atoms. The van der Waals surface area contributed by atoms with Crippen LogP contribution in [0.15, 0.2) is 123 Å². The Kier molecular flexibility index (Phi) is 4.48. The Morgan fingerprint density at radius 1 is 0.583 bits per heavy atom. The number of fused-ring (bicyclic) bond motifs is 5. The Labute approximate surface area is 206 Å². The Morgan fingerprint density at radius 3 is 1.92 bits per heavy atom. The minimum Gasteiger partial charge on any atom is -0.456 e. The SMILES string of the molecule is Cc1ccc(N(c2ccccc2)c2ccccc2)c2oc3cc4c(=O)c5ccccc5oc4cc3c12. The summed E-state index contributed by atoms with van der Waals surface area (Å²) in [5.41, 5.74) is 6.60. The molecule has 172 valence electrons.